The highest BCUT2D eigenvalue weighted by atomic mass is 32.2. The van der Waals surface area contributed by atoms with E-state index >= 15 is 0 Å². The predicted molar refractivity (Wildman–Crippen MR) is 128 cm³/mol. The molecule has 0 aromatic heterocycles. The second-order valence-electron chi connectivity index (χ2n) is 7.99. The Balaban J connectivity index is 1.35. The average molecular weight is 427 g/mol. The van der Waals surface area contributed by atoms with Crippen LogP contribution < -0.4 is 0 Å². The third-order valence-electron chi connectivity index (χ3n) is 5.32. The second kappa shape index (κ2) is 9.76. The summed E-state index contributed by atoms with van der Waals surface area (Å²) in [6.07, 6.45) is 1.70. The smallest absolute Gasteiger partial charge is 0.158 e. The Labute approximate surface area is 185 Å². The molecule has 0 fully saturated rings. The quantitative estimate of drug-likeness (QED) is 0.347. The molecule has 0 spiro atoms. The molecule has 0 aliphatic rings. The van der Waals surface area contributed by atoms with Crippen molar-refractivity contribution in [1.29, 1.82) is 0 Å². The number of benzene rings is 4. The zero-order chi connectivity index (χ0) is 21.5. The summed E-state index contributed by atoms with van der Waals surface area (Å²) in [6.45, 7) is 0. The van der Waals surface area contributed by atoms with Crippen LogP contribution in [0.25, 0.3) is 0 Å². The summed E-state index contributed by atoms with van der Waals surface area (Å²) in [5.41, 5.74) is 6.52. The lowest BCUT2D eigenvalue weighted by Gasteiger charge is -2.08. The summed E-state index contributed by atoms with van der Waals surface area (Å²) < 4.78 is 25.4. The van der Waals surface area contributed by atoms with Crippen LogP contribution in [0.15, 0.2) is 109 Å². The SMILES string of the molecule is O=S(=O)(Cc1ccc(Cc2ccccc2)cc1)Cc1ccc(Cc2ccccc2)cc1. The Morgan fingerprint density at radius 2 is 0.677 bits per heavy atom. The van der Waals surface area contributed by atoms with Gasteiger partial charge in [0.25, 0.3) is 0 Å². The van der Waals surface area contributed by atoms with Crippen molar-refractivity contribution in [3.63, 3.8) is 0 Å². The first kappa shape index (κ1) is 21.1. The zero-order valence-electron chi connectivity index (χ0n) is 17.4. The molecule has 0 aliphatic carbocycles. The first-order chi connectivity index (χ1) is 15.1. The zero-order valence-corrected chi connectivity index (χ0v) is 18.3. The molecule has 4 aromatic rings. The van der Waals surface area contributed by atoms with Gasteiger partial charge in [-0.2, -0.15) is 0 Å². The van der Waals surface area contributed by atoms with Crippen molar-refractivity contribution in [2.24, 2.45) is 0 Å². The Kier molecular flexibility index (Phi) is 6.63. The van der Waals surface area contributed by atoms with Gasteiger partial charge in [0.15, 0.2) is 9.84 Å². The third-order valence-corrected chi connectivity index (χ3v) is 6.87. The number of hydrogen-bond donors (Lipinski definition) is 0. The van der Waals surface area contributed by atoms with Gasteiger partial charge in [-0.15, -0.1) is 0 Å². The monoisotopic (exact) mass is 426 g/mol. The predicted octanol–water partition coefficient (Wildman–Crippen LogP) is 5.98. The molecule has 31 heavy (non-hydrogen) atoms. The molecular formula is C28H26O2S. The molecule has 0 heterocycles. The van der Waals surface area contributed by atoms with Crippen LogP contribution in [0.1, 0.15) is 33.4 Å². The minimum absolute atomic E-state index is 0.0599. The van der Waals surface area contributed by atoms with E-state index in [1.165, 1.54) is 22.3 Å². The summed E-state index contributed by atoms with van der Waals surface area (Å²) in [4.78, 5) is 0. The van der Waals surface area contributed by atoms with Crippen LogP contribution in [0.3, 0.4) is 0 Å². The molecule has 0 radical (unpaired) electrons. The summed E-state index contributed by atoms with van der Waals surface area (Å²) in [7, 11) is -3.23. The molecule has 4 rings (SSSR count). The number of hydrogen-bond acceptors (Lipinski definition) is 2. The van der Waals surface area contributed by atoms with E-state index in [0.29, 0.717) is 0 Å². The maximum Gasteiger partial charge on any atom is 0.158 e. The summed E-state index contributed by atoms with van der Waals surface area (Å²) in [6, 6.07) is 36.4. The van der Waals surface area contributed by atoms with E-state index in [9.17, 15) is 8.42 Å². The van der Waals surface area contributed by atoms with E-state index in [1.807, 2.05) is 84.9 Å². The van der Waals surface area contributed by atoms with E-state index in [4.69, 9.17) is 0 Å². The maximum atomic E-state index is 12.7. The van der Waals surface area contributed by atoms with Crippen LogP contribution in [0.4, 0.5) is 0 Å². The van der Waals surface area contributed by atoms with Crippen LogP contribution in [-0.4, -0.2) is 8.42 Å². The summed E-state index contributed by atoms with van der Waals surface area (Å²) in [5, 5.41) is 0. The van der Waals surface area contributed by atoms with Gasteiger partial charge in [-0.05, 0) is 46.2 Å². The van der Waals surface area contributed by atoms with Gasteiger partial charge in [-0.3, -0.25) is 0 Å². The Bertz CT molecular complexity index is 1100. The van der Waals surface area contributed by atoms with Gasteiger partial charge in [0, 0.05) is 0 Å². The molecule has 0 N–H and O–H groups in total. The van der Waals surface area contributed by atoms with Crippen molar-refractivity contribution in [1.82, 2.24) is 0 Å². The molecule has 0 bridgehead atoms. The van der Waals surface area contributed by atoms with Gasteiger partial charge in [0.1, 0.15) is 0 Å². The standard InChI is InChI=1S/C28H26O2S/c29-31(30,21-27-15-11-25(12-16-27)19-23-7-3-1-4-8-23)22-28-17-13-26(14-18-28)20-24-9-5-2-6-10-24/h1-18H,19-22H2. The number of sulfone groups is 1. The van der Waals surface area contributed by atoms with Gasteiger partial charge >= 0.3 is 0 Å². The highest BCUT2D eigenvalue weighted by Gasteiger charge is 2.13. The van der Waals surface area contributed by atoms with Crippen molar-refractivity contribution in [2.75, 3.05) is 0 Å². The lowest BCUT2D eigenvalue weighted by Crippen LogP contribution is -2.08. The molecule has 0 saturated carbocycles. The minimum atomic E-state index is -3.23. The molecule has 0 unspecified atom stereocenters. The lowest BCUT2D eigenvalue weighted by atomic mass is 10.0. The largest absolute Gasteiger partial charge is 0.228 e. The van der Waals surface area contributed by atoms with Crippen molar-refractivity contribution in [2.45, 2.75) is 24.3 Å². The lowest BCUT2D eigenvalue weighted by molar-refractivity contribution is 0.594. The van der Waals surface area contributed by atoms with Crippen LogP contribution in [0, 0.1) is 0 Å². The molecule has 156 valence electrons. The molecule has 2 nitrogen and oxygen atoms in total. The fourth-order valence-electron chi connectivity index (χ4n) is 3.73. The Morgan fingerprint density at radius 1 is 0.387 bits per heavy atom. The van der Waals surface area contributed by atoms with Gasteiger partial charge in [-0.1, -0.05) is 109 Å². The van der Waals surface area contributed by atoms with E-state index in [0.717, 1.165) is 24.0 Å². The minimum Gasteiger partial charge on any atom is -0.228 e. The van der Waals surface area contributed by atoms with Gasteiger partial charge in [0.05, 0.1) is 11.5 Å². The Hall–Kier alpha value is -3.17. The highest BCUT2D eigenvalue weighted by Crippen LogP contribution is 2.17. The first-order valence-electron chi connectivity index (χ1n) is 10.5. The molecule has 0 aliphatic heterocycles. The van der Waals surface area contributed by atoms with Gasteiger partial charge in [0.2, 0.25) is 0 Å². The van der Waals surface area contributed by atoms with E-state index in [2.05, 4.69) is 24.3 Å². The molecule has 0 amide bonds. The summed E-state index contributed by atoms with van der Waals surface area (Å²) >= 11 is 0. The van der Waals surface area contributed by atoms with Crippen molar-refractivity contribution >= 4 is 9.84 Å². The topological polar surface area (TPSA) is 34.1 Å². The number of rotatable bonds is 8. The summed E-state index contributed by atoms with van der Waals surface area (Å²) in [5.74, 6) is 0.120. The first-order valence-corrected chi connectivity index (χ1v) is 12.3. The van der Waals surface area contributed by atoms with Gasteiger partial charge in [-0.25, -0.2) is 8.42 Å². The molecule has 3 heteroatoms. The Morgan fingerprint density at radius 3 is 1.03 bits per heavy atom. The molecular weight excluding hydrogens is 400 g/mol. The fourth-order valence-corrected chi connectivity index (χ4v) is 5.23. The normalized spacial score (nSPS) is 11.4. The van der Waals surface area contributed by atoms with Gasteiger partial charge < -0.3 is 0 Å². The van der Waals surface area contributed by atoms with Crippen LogP contribution in [0.2, 0.25) is 0 Å². The molecule has 0 saturated heterocycles. The van der Waals surface area contributed by atoms with E-state index < -0.39 is 9.84 Å². The highest BCUT2D eigenvalue weighted by molar-refractivity contribution is 7.89. The third kappa shape index (κ3) is 6.40. The van der Waals surface area contributed by atoms with Crippen LogP contribution in [0.5, 0.6) is 0 Å². The van der Waals surface area contributed by atoms with Crippen molar-refractivity contribution in [3.05, 3.63) is 143 Å². The average Bonchev–Trinajstić information content (AvgIpc) is 2.78. The van der Waals surface area contributed by atoms with Crippen molar-refractivity contribution < 1.29 is 8.42 Å². The van der Waals surface area contributed by atoms with E-state index in [1.54, 1.807) is 0 Å². The molecule has 4 aromatic carbocycles. The maximum absolute atomic E-state index is 12.7. The van der Waals surface area contributed by atoms with Crippen molar-refractivity contribution in [3.8, 4) is 0 Å². The van der Waals surface area contributed by atoms with Crippen LogP contribution in [-0.2, 0) is 34.2 Å². The fraction of sp³-hybridized carbons (Fsp3) is 0.143. The molecule has 0 atom stereocenters. The van der Waals surface area contributed by atoms with Crippen LogP contribution >= 0.6 is 0 Å². The second-order valence-corrected chi connectivity index (χ2v) is 10.1. The van der Waals surface area contributed by atoms with E-state index in [-0.39, 0.29) is 11.5 Å².